The quantitative estimate of drug-likeness (QED) is 0.227. The molecular formula is C22H25N5O4. The summed E-state index contributed by atoms with van der Waals surface area (Å²) >= 11 is 0. The molecule has 0 saturated carbocycles. The van der Waals surface area contributed by atoms with Crippen LogP contribution in [-0.2, 0) is 18.5 Å². The van der Waals surface area contributed by atoms with Crippen molar-refractivity contribution in [3.05, 3.63) is 76.2 Å². The molecule has 0 atom stereocenters. The van der Waals surface area contributed by atoms with Crippen LogP contribution in [0.15, 0.2) is 59.0 Å². The monoisotopic (exact) mass is 423 g/mol. The fourth-order valence-corrected chi connectivity index (χ4v) is 2.98. The van der Waals surface area contributed by atoms with Crippen molar-refractivity contribution in [2.24, 2.45) is 12.2 Å². The highest BCUT2D eigenvalue weighted by molar-refractivity contribution is 5.98. The zero-order chi connectivity index (χ0) is 22.4. The van der Waals surface area contributed by atoms with Gasteiger partial charge in [0.15, 0.2) is 0 Å². The van der Waals surface area contributed by atoms with Gasteiger partial charge in [-0.25, -0.2) is 4.79 Å². The smallest absolute Gasteiger partial charge is 0.368 e. The van der Waals surface area contributed by atoms with E-state index >= 15 is 0 Å². The molecule has 0 aliphatic rings. The van der Waals surface area contributed by atoms with Crippen molar-refractivity contribution in [3.8, 4) is 17.2 Å². The van der Waals surface area contributed by atoms with Gasteiger partial charge < -0.3 is 14.3 Å². The van der Waals surface area contributed by atoms with Crippen LogP contribution in [0, 0.1) is 6.92 Å². The van der Waals surface area contributed by atoms with E-state index < -0.39 is 0 Å². The fraction of sp³-hybridized carbons (Fsp3) is 0.273. The largest absolute Gasteiger partial charge is 0.496 e. The van der Waals surface area contributed by atoms with Crippen molar-refractivity contribution in [2.45, 2.75) is 20.5 Å². The van der Waals surface area contributed by atoms with Crippen LogP contribution in [0.5, 0.6) is 11.5 Å². The molecule has 3 rings (SSSR count). The van der Waals surface area contributed by atoms with Crippen LogP contribution in [0.25, 0.3) is 5.69 Å². The molecule has 0 amide bonds. The van der Waals surface area contributed by atoms with Gasteiger partial charge in [-0.1, -0.05) is 23.9 Å². The summed E-state index contributed by atoms with van der Waals surface area (Å²) in [7, 11) is 3.11. The summed E-state index contributed by atoms with van der Waals surface area (Å²) in [5, 5.41) is 11.8. The van der Waals surface area contributed by atoms with Crippen molar-refractivity contribution in [2.75, 3.05) is 13.7 Å². The lowest BCUT2D eigenvalue weighted by Crippen LogP contribution is -2.23. The highest BCUT2D eigenvalue weighted by Crippen LogP contribution is 2.27. The first-order valence-corrected chi connectivity index (χ1v) is 9.62. The predicted octanol–water partition coefficient (Wildman–Crippen LogP) is 2.79. The maximum Gasteiger partial charge on any atom is 0.368 e. The van der Waals surface area contributed by atoms with E-state index in [1.54, 1.807) is 32.4 Å². The standard InChI is InChI=1S/C22H25N5O4/c1-6-12-31-23-16(3)17-10-11-20(15(2)13-17)30-14-18-19(8-7-9-21(18)29-5)27-22(28)26(4)24-25-27/h6-11,13H,1,12,14H2,2-5H3/b23-16-. The van der Waals surface area contributed by atoms with Crippen molar-refractivity contribution in [3.63, 3.8) is 0 Å². The minimum absolute atomic E-state index is 0.179. The van der Waals surface area contributed by atoms with Crippen molar-refractivity contribution in [1.82, 2.24) is 19.8 Å². The number of aromatic nitrogens is 4. The molecule has 0 radical (unpaired) electrons. The van der Waals surface area contributed by atoms with Crippen LogP contribution < -0.4 is 15.2 Å². The number of nitrogens with zero attached hydrogens (tertiary/aromatic N) is 5. The molecule has 0 spiro atoms. The molecule has 0 fully saturated rings. The van der Waals surface area contributed by atoms with Gasteiger partial charge >= 0.3 is 5.69 Å². The van der Waals surface area contributed by atoms with Crippen LogP contribution >= 0.6 is 0 Å². The van der Waals surface area contributed by atoms with E-state index in [2.05, 4.69) is 22.2 Å². The fourth-order valence-electron chi connectivity index (χ4n) is 2.98. The Morgan fingerprint density at radius 3 is 2.68 bits per heavy atom. The molecule has 1 aromatic heterocycles. The number of methoxy groups -OCH3 is 1. The second kappa shape index (κ2) is 9.75. The summed E-state index contributed by atoms with van der Waals surface area (Å²) < 4.78 is 13.9. The number of oxime groups is 1. The molecule has 9 nitrogen and oxygen atoms in total. The Hall–Kier alpha value is -3.88. The highest BCUT2D eigenvalue weighted by Gasteiger charge is 2.16. The Labute approximate surface area is 180 Å². The third kappa shape index (κ3) is 4.82. The molecular weight excluding hydrogens is 398 g/mol. The Morgan fingerprint density at radius 2 is 2.03 bits per heavy atom. The molecule has 1 heterocycles. The van der Waals surface area contributed by atoms with Crippen molar-refractivity contribution in [1.29, 1.82) is 0 Å². The molecule has 0 N–H and O–H groups in total. The molecule has 0 aliphatic heterocycles. The molecule has 0 saturated heterocycles. The first kappa shape index (κ1) is 21.8. The lowest BCUT2D eigenvalue weighted by molar-refractivity contribution is 0.175. The van der Waals surface area contributed by atoms with E-state index in [-0.39, 0.29) is 12.3 Å². The molecule has 0 aliphatic carbocycles. The van der Waals surface area contributed by atoms with Crippen LogP contribution in [0.4, 0.5) is 0 Å². The van der Waals surface area contributed by atoms with Gasteiger partial charge in [-0.15, -0.1) is 0 Å². The second-order valence-electron chi connectivity index (χ2n) is 6.78. The van der Waals surface area contributed by atoms with Gasteiger partial charge in [0.05, 0.1) is 24.1 Å². The molecule has 0 bridgehead atoms. The van der Waals surface area contributed by atoms with Crippen LogP contribution in [0.2, 0.25) is 0 Å². The second-order valence-corrected chi connectivity index (χ2v) is 6.78. The zero-order valence-corrected chi connectivity index (χ0v) is 18.0. The molecule has 162 valence electrons. The first-order chi connectivity index (χ1) is 15.0. The maximum absolute atomic E-state index is 12.3. The zero-order valence-electron chi connectivity index (χ0n) is 18.0. The summed E-state index contributed by atoms with van der Waals surface area (Å²) in [4.78, 5) is 17.5. The molecule has 9 heteroatoms. The Morgan fingerprint density at radius 1 is 1.23 bits per heavy atom. The third-order valence-corrected chi connectivity index (χ3v) is 4.64. The number of benzene rings is 2. The van der Waals surface area contributed by atoms with Gasteiger partial charge in [-0.05, 0) is 65.7 Å². The molecule has 2 aromatic carbocycles. The van der Waals surface area contributed by atoms with Gasteiger partial charge in [0.1, 0.15) is 24.7 Å². The van der Waals surface area contributed by atoms with Crippen molar-refractivity contribution >= 4 is 5.71 Å². The predicted molar refractivity (Wildman–Crippen MR) is 117 cm³/mol. The van der Waals surface area contributed by atoms with Gasteiger partial charge in [-0.2, -0.15) is 9.36 Å². The van der Waals surface area contributed by atoms with Crippen molar-refractivity contribution < 1.29 is 14.3 Å². The molecule has 3 aromatic rings. The van der Waals surface area contributed by atoms with E-state index in [1.165, 1.54) is 4.68 Å². The van der Waals surface area contributed by atoms with E-state index in [4.69, 9.17) is 14.3 Å². The topological polar surface area (TPSA) is 92.8 Å². The van der Waals surface area contributed by atoms with Crippen LogP contribution in [0.1, 0.15) is 23.6 Å². The average molecular weight is 423 g/mol. The SMILES string of the molecule is C=CCO/N=C(/C)c1ccc(OCc2c(OC)cccc2-n2nnn(C)c2=O)c(C)c1. The van der Waals surface area contributed by atoms with E-state index in [1.807, 2.05) is 38.1 Å². The lowest BCUT2D eigenvalue weighted by Gasteiger charge is -2.15. The van der Waals surface area contributed by atoms with Gasteiger partial charge in [0.2, 0.25) is 0 Å². The lowest BCUT2D eigenvalue weighted by atomic mass is 10.1. The van der Waals surface area contributed by atoms with E-state index in [9.17, 15) is 4.79 Å². The van der Waals surface area contributed by atoms with E-state index in [0.717, 1.165) is 21.5 Å². The number of hydrogen-bond donors (Lipinski definition) is 0. The first-order valence-electron chi connectivity index (χ1n) is 9.62. The Balaban J connectivity index is 1.86. The number of rotatable bonds is 9. The number of aryl methyl sites for hydroxylation is 2. The Kier molecular flexibility index (Phi) is 6.86. The third-order valence-electron chi connectivity index (χ3n) is 4.64. The number of tetrazole rings is 1. The Bertz CT molecular complexity index is 1160. The summed E-state index contributed by atoms with van der Waals surface area (Å²) in [6.45, 7) is 7.96. The molecule has 31 heavy (non-hydrogen) atoms. The average Bonchev–Trinajstić information content (AvgIpc) is 3.10. The van der Waals surface area contributed by atoms with E-state index in [0.29, 0.717) is 29.4 Å². The van der Waals surface area contributed by atoms with Crippen LogP contribution in [-0.4, -0.2) is 39.2 Å². The summed E-state index contributed by atoms with van der Waals surface area (Å²) in [5.41, 5.74) is 3.50. The highest BCUT2D eigenvalue weighted by atomic mass is 16.6. The summed E-state index contributed by atoms with van der Waals surface area (Å²) in [6.07, 6.45) is 1.64. The number of hydrogen-bond acceptors (Lipinski definition) is 7. The van der Waals surface area contributed by atoms with Gasteiger partial charge in [0, 0.05) is 7.05 Å². The summed E-state index contributed by atoms with van der Waals surface area (Å²) in [5.74, 6) is 1.29. The molecule has 0 unspecified atom stereocenters. The normalized spacial score (nSPS) is 11.3. The van der Waals surface area contributed by atoms with Gasteiger partial charge in [0.25, 0.3) is 0 Å². The minimum atomic E-state index is -0.358. The van der Waals surface area contributed by atoms with Crippen LogP contribution in [0.3, 0.4) is 0 Å². The maximum atomic E-state index is 12.3. The minimum Gasteiger partial charge on any atom is -0.496 e. The van der Waals surface area contributed by atoms with Gasteiger partial charge in [-0.3, -0.25) is 0 Å². The number of ether oxygens (including phenoxy) is 2. The summed E-state index contributed by atoms with van der Waals surface area (Å²) in [6, 6.07) is 11.1.